The fourth-order valence-corrected chi connectivity index (χ4v) is 5.54. The number of thiazole rings is 1. The molecule has 4 heterocycles. The summed E-state index contributed by atoms with van der Waals surface area (Å²) in [5.41, 5.74) is 1.21. The number of hydrogen-bond acceptors (Lipinski definition) is 9. The molecule has 1 aliphatic rings. The monoisotopic (exact) mass is 478 g/mol. The topological polar surface area (TPSA) is 107 Å². The van der Waals surface area contributed by atoms with Gasteiger partial charge in [-0.3, -0.25) is 14.2 Å². The first-order chi connectivity index (χ1) is 16.5. The van der Waals surface area contributed by atoms with Crippen molar-refractivity contribution in [3.63, 3.8) is 0 Å². The summed E-state index contributed by atoms with van der Waals surface area (Å²) in [6, 6.07) is 9.86. The van der Waals surface area contributed by atoms with Gasteiger partial charge >= 0.3 is 0 Å². The highest BCUT2D eigenvalue weighted by Crippen LogP contribution is 2.34. The van der Waals surface area contributed by atoms with Gasteiger partial charge in [0.1, 0.15) is 0 Å². The van der Waals surface area contributed by atoms with Crippen molar-refractivity contribution in [3.05, 3.63) is 52.1 Å². The summed E-state index contributed by atoms with van der Waals surface area (Å²) in [4.78, 5) is 42.5. The smallest absolute Gasteiger partial charge is 0.294 e. The van der Waals surface area contributed by atoms with Crippen molar-refractivity contribution in [2.24, 2.45) is 0 Å². The van der Waals surface area contributed by atoms with Gasteiger partial charge in [0.25, 0.3) is 11.4 Å². The average Bonchev–Trinajstić information content (AvgIpc) is 3.58. The van der Waals surface area contributed by atoms with Crippen LogP contribution >= 0.6 is 11.3 Å². The van der Waals surface area contributed by atoms with Gasteiger partial charge in [-0.1, -0.05) is 53.7 Å². The molecule has 0 saturated carbocycles. The van der Waals surface area contributed by atoms with Gasteiger partial charge in [-0.15, -0.1) is 0 Å². The number of ketones is 1. The molecular formula is C24H26N6O3S. The van der Waals surface area contributed by atoms with Crippen LogP contribution in [0.25, 0.3) is 22.1 Å². The van der Waals surface area contributed by atoms with Crippen LogP contribution in [0.1, 0.15) is 50.4 Å². The van der Waals surface area contributed by atoms with Crippen molar-refractivity contribution >= 4 is 32.6 Å². The maximum absolute atomic E-state index is 13.3. The molecule has 2 atom stereocenters. The fourth-order valence-electron chi connectivity index (χ4n) is 4.53. The van der Waals surface area contributed by atoms with E-state index in [1.54, 1.807) is 6.92 Å². The first-order valence-electron chi connectivity index (χ1n) is 11.5. The van der Waals surface area contributed by atoms with Crippen LogP contribution in [0, 0.1) is 6.92 Å². The molecular weight excluding hydrogens is 452 g/mol. The van der Waals surface area contributed by atoms with Gasteiger partial charge < -0.3 is 9.42 Å². The summed E-state index contributed by atoms with van der Waals surface area (Å²) in [6.45, 7) is 6.79. The number of carbonyl (C=O) groups is 1. The molecule has 0 N–H and O–H groups in total. The molecule has 34 heavy (non-hydrogen) atoms. The highest BCUT2D eigenvalue weighted by molar-refractivity contribution is 7.21. The molecule has 0 amide bonds. The molecule has 0 bridgehead atoms. The molecule has 0 spiro atoms. The molecule has 176 valence electrons. The van der Waals surface area contributed by atoms with Gasteiger partial charge in [0.2, 0.25) is 5.82 Å². The highest BCUT2D eigenvalue weighted by Gasteiger charge is 2.34. The van der Waals surface area contributed by atoms with Crippen LogP contribution in [0.5, 0.6) is 0 Å². The summed E-state index contributed by atoms with van der Waals surface area (Å²) < 4.78 is 6.76. The number of anilines is 1. The lowest BCUT2D eigenvalue weighted by Crippen LogP contribution is -2.36. The van der Waals surface area contributed by atoms with Gasteiger partial charge in [0.05, 0.1) is 6.04 Å². The SMILES string of the molecule is CCn1c(-c2nc(C)no2)nc2sc(N3CCC[C@@H]3C(=O)C[C@H](C)c3ccccc3)nc2c1=O. The van der Waals surface area contributed by atoms with E-state index in [-0.39, 0.29) is 29.2 Å². The van der Waals surface area contributed by atoms with E-state index in [2.05, 4.69) is 39.2 Å². The summed E-state index contributed by atoms with van der Waals surface area (Å²) in [6.07, 6.45) is 2.16. The van der Waals surface area contributed by atoms with Gasteiger partial charge in [0.15, 0.2) is 27.1 Å². The lowest BCUT2D eigenvalue weighted by molar-refractivity contribution is -0.120. The molecule has 5 rings (SSSR count). The van der Waals surface area contributed by atoms with E-state index in [4.69, 9.17) is 4.52 Å². The van der Waals surface area contributed by atoms with E-state index in [1.807, 2.05) is 30.0 Å². The first kappa shape index (κ1) is 22.4. The number of aryl methyl sites for hydroxylation is 1. The van der Waals surface area contributed by atoms with Gasteiger partial charge in [0, 0.05) is 19.5 Å². The van der Waals surface area contributed by atoms with Crippen molar-refractivity contribution < 1.29 is 9.32 Å². The van der Waals surface area contributed by atoms with Crippen molar-refractivity contribution in [3.8, 4) is 11.7 Å². The zero-order chi connectivity index (χ0) is 23.8. The molecule has 1 saturated heterocycles. The van der Waals surface area contributed by atoms with Crippen LogP contribution in [0.4, 0.5) is 5.13 Å². The van der Waals surface area contributed by atoms with E-state index < -0.39 is 0 Å². The fraction of sp³-hybridized carbons (Fsp3) is 0.417. The summed E-state index contributed by atoms with van der Waals surface area (Å²) in [5.74, 6) is 1.36. The van der Waals surface area contributed by atoms with Crippen LogP contribution in [-0.2, 0) is 11.3 Å². The Morgan fingerprint density at radius 1 is 1.24 bits per heavy atom. The average molecular weight is 479 g/mol. The number of fused-ring (bicyclic) bond motifs is 1. The number of nitrogens with zero attached hydrogens (tertiary/aromatic N) is 6. The Balaban J connectivity index is 1.46. The van der Waals surface area contributed by atoms with Crippen molar-refractivity contribution in [1.29, 1.82) is 0 Å². The molecule has 1 fully saturated rings. The Labute approximate surface area is 200 Å². The second-order valence-electron chi connectivity index (χ2n) is 8.62. The number of Topliss-reactive ketones (excluding diaryl/α,β-unsaturated/α-hetero) is 1. The molecule has 1 aliphatic heterocycles. The highest BCUT2D eigenvalue weighted by atomic mass is 32.1. The lowest BCUT2D eigenvalue weighted by atomic mass is 9.93. The second-order valence-corrected chi connectivity index (χ2v) is 9.57. The van der Waals surface area contributed by atoms with Crippen LogP contribution < -0.4 is 10.5 Å². The van der Waals surface area contributed by atoms with Crippen molar-refractivity contribution in [2.75, 3.05) is 11.4 Å². The standard InChI is InChI=1S/C24H26N6O3S/c1-4-29-20(21-25-15(3)28-33-21)27-22-19(23(29)32)26-24(34-22)30-12-8-11-17(30)18(31)13-14(2)16-9-6-5-7-10-16/h5-7,9-10,14,17H,4,8,11-13H2,1-3H3/t14-,17+/m0/s1. The summed E-state index contributed by atoms with van der Waals surface area (Å²) in [5, 5.41) is 4.48. The number of rotatable bonds is 7. The normalized spacial score (nSPS) is 16.9. The Morgan fingerprint density at radius 3 is 2.74 bits per heavy atom. The maximum Gasteiger partial charge on any atom is 0.294 e. The van der Waals surface area contributed by atoms with Crippen molar-refractivity contribution in [2.45, 2.75) is 58.5 Å². The number of hydrogen-bond donors (Lipinski definition) is 0. The molecule has 1 aromatic carbocycles. The van der Waals surface area contributed by atoms with E-state index in [0.29, 0.717) is 40.1 Å². The molecule has 0 unspecified atom stereocenters. The molecule has 0 aliphatic carbocycles. The third-order valence-corrected chi connectivity index (χ3v) is 7.28. The Kier molecular flexibility index (Phi) is 5.99. The molecule has 0 radical (unpaired) electrons. The van der Waals surface area contributed by atoms with Gasteiger partial charge in [-0.25, -0.2) is 9.97 Å². The maximum atomic E-state index is 13.3. The minimum absolute atomic E-state index is 0.144. The number of aromatic nitrogens is 5. The quantitative estimate of drug-likeness (QED) is 0.393. The molecule has 9 nitrogen and oxygen atoms in total. The third kappa shape index (κ3) is 4.02. The van der Waals surface area contributed by atoms with E-state index in [0.717, 1.165) is 24.9 Å². The molecule has 3 aromatic heterocycles. The number of carbonyl (C=O) groups excluding carboxylic acids is 1. The second kappa shape index (κ2) is 9.09. The zero-order valence-electron chi connectivity index (χ0n) is 19.4. The Hall–Kier alpha value is -3.40. The number of benzene rings is 1. The zero-order valence-corrected chi connectivity index (χ0v) is 20.2. The minimum Gasteiger partial charge on any atom is -0.338 e. The lowest BCUT2D eigenvalue weighted by Gasteiger charge is -2.24. The van der Waals surface area contributed by atoms with Crippen LogP contribution in [0.2, 0.25) is 0 Å². The van der Waals surface area contributed by atoms with Gasteiger partial charge in [-0.2, -0.15) is 4.98 Å². The van der Waals surface area contributed by atoms with Crippen LogP contribution in [-0.4, -0.2) is 43.0 Å². The van der Waals surface area contributed by atoms with Crippen molar-refractivity contribution in [1.82, 2.24) is 24.7 Å². The minimum atomic E-state index is -0.249. The predicted octanol–water partition coefficient (Wildman–Crippen LogP) is 3.96. The molecule has 4 aromatic rings. The van der Waals surface area contributed by atoms with Gasteiger partial charge in [-0.05, 0) is 38.2 Å². The first-order valence-corrected chi connectivity index (χ1v) is 12.3. The predicted molar refractivity (Wildman–Crippen MR) is 130 cm³/mol. The van der Waals surface area contributed by atoms with Crippen LogP contribution in [0.3, 0.4) is 0 Å². The molecule has 10 heteroatoms. The largest absolute Gasteiger partial charge is 0.338 e. The Morgan fingerprint density at radius 2 is 2.03 bits per heavy atom. The summed E-state index contributed by atoms with van der Waals surface area (Å²) in [7, 11) is 0. The summed E-state index contributed by atoms with van der Waals surface area (Å²) >= 11 is 1.33. The third-order valence-electron chi connectivity index (χ3n) is 6.29. The Bertz CT molecular complexity index is 1390. The van der Waals surface area contributed by atoms with E-state index in [1.165, 1.54) is 15.9 Å². The van der Waals surface area contributed by atoms with E-state index in [9.17, 15) is 9.59 Å². The van der Waals surface area contributed by atoms with E-state index >= 15 is 0 Å². The van der Waals surface area contributed by atoms with Crippen LogP contribution in [0.15, 0.2) is 39.6 Å².